The fraction of sp³-hybridized carbons (Fsp3) is 0.548. The van der Waals surface area contributed by atoms with Gasteiger partial charge in [-0.3, -0.25) is 10.2 Å². The third-order valence-electron chi connectivity index (χ3n) is 11.9. The summed E-state index contributed by atoms with van der Waals surface area (Å²) in [6, 6.07) is 3.91. The third-order valence-corrected chi connectivity index (χ3v) is 11.9. The molecular formula is C42H46F3N7O7. The Morgan fingerprint density at radius 1 is 1.00 bits per heavy atom. The number of amides is 2. The Morgan fingerprint density at radius 2 is 1.73 bits per heavy atom. The van der Waals surface area contributed by atoms with Crippen molar-refractivity contribution in [3.05, 3.63) is 40.5 Å². The second-order valence-corrected chi connectivity index (χ2v) is 18.2. The van der Waals surface area contributed by atoms with Gasteiger partial charge in [0.15, 0.2) is 5.82 Å². The van der Waals surface area contributed by atoms with Crippen molar-refractivity contribution >= 4 is 45.8 Å². The van der Waals surface area contributed by atoms with Gasteiger partial charge in [0.1, 0.15) is 58.3 Å². The van der Waals surface area contributed by atoms with Crippen molar-refractivity contribution < 1.29 is 46.1 Å². The van der Waals surface area contributed by atoms with Crippen LogP contribution in [0.25, 0.3) is 33.0 Å². The Balaban J connectivity index is 1.19. The Morgan fingerprint density at radius 3 is 2.44 bits per heavy atom. The number of aromatic nitrogens is 2. The van der Waals surface area contributed by atoms with E-state index in [0.717, 1.165) is 31.9 Å². The summed E-state index contributed by atoms with van der Waals surface area (Å²) in [4.78, 5) is 41.3. The maximum Gasteiger partial charge on any atom is 0.414 e. The van der Waals surface area contributed by atoms with Crippen LogP contribution in [0.2, 0.25) is 0 Å². The first-order valence-corrected chi connectivity index (χ1v) is 20.0. The molecule has 2 aromatic carbocycles. The molecule has 7 heterocycles. The number of nitriles is 1. The number of piperidine rings is 1. The van der Waals surface area contributed by atoms with Crippen LogP contribution in [0.15, 0.2) is 16.5 Å². The number of likely N-dealkylation sites (tertiary alicyclic amines) is 1. The van der Waals surface area contributed by atoms with Crippen molar-refractivity contribution in [2.75, 3.05) is 43.0 Å². The second kappa shape index (κ2) is 13.9. The number of furan rings is 1. The maximum absolute atomic E-state index is 17.8. The van der Waals surface area contributed by atoms with Crippen LogP contribution in [0, 0.1) is 23.0 Å². The number of carbonyl (C=O) groups excluding carboxylic acids is 2. The molecule has 312 valence electrons. The number of carbonyl (C=O) groups is 2. The molecule has 17 heteroatoms. The monoisotopic (exact) mass is 817 g/mol. The molecule has 4 saturated heterocycles. The lowest BCUT2D eigenvalue weighted by Crippen LogP contribution is -2.70. The zero-order valence-electron chi connectivity index (χ0n) is 33.8. The minimum atomic E-state index is -0.998. The van der Waals surface area contributed by atoms with Crippen molar-refractivity contribution in [2.45, 2.75) is 115 Å². The van der Waals surface area contributed by atoms with Gasteiger partial charge in [-0.1, -0.05) is 0 Å². The van der Waals surface area contributed by atoms with Crippen LogP contribution in [0.5, 0.6) is 6.01 Å². The number of fused-ring (bicyclic) bond motifs is 7. The van der Waals surface area contributed by atoms with Gasteiger partial charge in [0, 0.05) is 37.2 Å². The van der Waals surface area contributed by atoms with E-state index in [1.807, 2.05) is 26.8 Å². The van der Waals surface area contributed by atoms with Gasteiger partial charge in [0.2, 0.25) is 5.88 Å². The molecular weight excluding hydrogens is 771 g/mol. The number of benzene rings is 2. The summed E-state index contributed by atoms with van der Waals surface area (Å²) in [6.45, 7) is 12.2. The summed E-state index contributed by atoms with van der Waals surface area (Å²) in [5.74, 6) is -1.65. The molecule has 4 aromatic rings. The standard InChI is InChI=1S/C42H46F3N7O7/c1-40(2,3)58-38(53)49-36-24(14-46)29-28(57-36)9-8-27(44)32(29)30-25-18-55-19-26(25)31-34(33(30)45)47-37(56-20-42-10-7-11-51(42)15-21(43)13-42)48-35(31)52-22-12-23(52)17-50(16-22)39(54)59-41(4,5)6/h8-9,21-23H,7,10-13,15-20H2,1-6H3,(H,49,53)/t21-,22?,23?,42?/m1/s1. The van der Waals surface area contributed by atoms with Crippen molar-refractivity contribution in [1.82, 2.24) is 19.8 Å². The van der Waals surface area contributed by atoms with Gasteiger partial charge in [-0.2, -0.15) is 15.2 Å². The number of rotatable bonds is 6. The fourth-order valence-corrected chi connectivity index (χ4v) is 9.58. The molecule has 4 atom stereocenters. The van der Waals surface area contributed by atoms with Gasteiger partial charge in [0.05, 0.1) is 41.6 Å². The van der Waals surface area contributed by atoms with E-state index in [2.05, 4.69) is 20.1 Å². The quantitative estimate of drug-likeness (QED) is 0.203. The van der Waals surface area contributed by atoms with Gasteiger partial charge in [-0.05, 0) is 90.6 Å². The van der Waals surface area contributed by atoms with Crippen LogP contribution in [-0.4, -0.2) is 99.7 Å². The maximum atomic E-state index is 17.8. The van der Waals surface area contributed by atoms with Crippen LogP contribution in [0.1, 0.15) is 83.9 Å². The van der Waals surface area contributed by atoms with E-state index in [0.29, 0.717) is 48.4 Å². The molecule has 0 saturated carbocycles. The minimum absolute atomic E-state index is 0.0228. The van der Waals surface area contributed by atoms with Crippen LogP contribution < -0.4 is 15.0 Å². The fourth-order valence-electron chi connectivity index (χ4n) is 9.58. The summed E-state index contributed by atoms with van der Waals surface area (Å²) < 4.78 is 78.2. The number of alkyl halides is 1. The van der Waals surface area contributed by atoms with E-state index < -0.39 is 46.7 Å². The Labute approximate surface area is 338 Å². The average molecular weight is 818 g/mol. The predicted molar refractivity (Wildman–Crippen MR) is 209 cm³/mol. The molecule has 2 bridgehead atoms. The zero-order chi connectivity index (χ0) is 41.8. The number of hydrogen-bond donors (Lipinski definition) is 1. The summed E-state index contributed by atoms with van der Waals surface area (Å²) in [7, 11) is 0. The van der Waals surface area contributed by atoms with Gasteiger partial charge < -0.3 is 33.2 Å². The first kappa shape index (κ1) is 39.1. The highest BCUT2D eigenvalue weighted by atomic mass is 19.1. The number of piperazine rings is 1. The molecule has 5 aliphatic rings. The number of nitrogens with zero attached hydrogens (tertiary/aromatic N) is 6. The molecule has 14 nitrogen and oxygen atoms in total. The molecule has 2 aromatic heterocycles. The van der Waals surface area contributed by atoms with Crippen molar-refractivity contribution in [3.8, 4) is 23.2 Å². The zero-order valence-corrected chi connectivity index (χ0v) is 33.8. The first-order valence-electron chi connectivity index (χ1n) is 20.0. The van der Waals surface area contributed by atoms with Crippen molar-refractivity contribution in [2.24, 2.45) is 0 Å². The molecule has 4 fully saturated rings. The molecule has 0 radical (unpaired) electrons. The average Bonchev–Trinajstić information content (AvgIpc) is 3.92. The van der Waals surface area contributed by atoms with E-state index >= 15 is 8.78 Å². The van der Waals surface area contributed by atoms with E-state index in [1.54, 1.807) is 25.7 Å². The number of nitrogens with one attached hydrogen (secondary N) is 1. The second-order valence-electron chi connectivity index (χ2n) is 18.2. The first-order chi connectivity index (χ1) is 27.9. The normalized spacial score (nSPS) is 23.9. The largest absolute Gasteiger partial charge is 0.461 e. The van der Waals surface area contributed by atoms with Gasteiger partial charge in [-0.25, -0.2) is 22.8 Å². The third kappa shape index (κ3) is 6.73. The molecule has 9 rings (SSSR count). The van der Waals surface area contributed by atoms with Crippen LogP contribution >= 0.6 is 0 Å². The Hall–Kier alpha value is -5.34. The summed E-state index contributed by atoms with van der Waals surface area (Å²) in [5.41, 5.74) is -2.02. The molecule has 2 amide bonds. The number of ether oxygens (including phenoxy) is 4. The van der Waals surface area contributed by atoms with Crippen molar-refractivity contribution in [3.63, 3.8) is 0 Å². The number of hydrogen-bond acceptors (Lipinski definition) is 12. The lowest BCUT2D eigenvalue weighted by atomic mass is 9.86. The highest BCUT2D eigenvalue weighted by Crippen LogP contribution is 2.49. The highest BCUT2D eigenvalue weighted by molar-refractivity contribution is 6.07. The Bertz CT molecular complexity index is 2450. The van der Waals surface area contributed by atoms with Gasteiger partial charge >= 0.3 is 18.2 Å². The molecule has 3 unspecified atom stereocenters. The molecule has 0 spiro atoms. The lowest BCUT2D eigenvalue weighted by molar-refractivity contribution is 0.00841. The van der Waals surface area contributed by atoms with Crippen molar-refractivity contribution in [1.29, 1.82) is 5.26 Å². The summed E-state index contributed by atoms with van der Waals surface area (Å²) >= 11 is 0. The minimum Gasteiger partial charge on any atom is -0.461 e. The van der Waals surface area contributed by atoms with E-state index in [1.165, 1.54) is 6.07 Å². The topological polar surface area (TPSA) is 156 Å². The molecule has 1 N–H and O–H groups in total. The Kier molecular flexibility index (Phi) is 9.20. The number of halogens is 3. The smallest absolute Gasteiger partial charge is 0.414 e. The summed E-state index contributed by atoms with van der Waals surface area (Å²) in [6.07, 6.45) is 0.347. The molecule has 59 heavy (non-hydrogen) atoms. The van der Waals surface area contributed by atoms with Gasteiger partial charge in [-0.15, -0.1) is 0 Å². The molecule has 0 aliphatic carbocycles. The number of anilines is 2. The molecule has 5 aliphatic heterocycles. The van der Waals surface area contributed by atoms with Crippen LogP contribution in [-0.2, 0) is 27.4 Å². The SMILES string of the molecule is CC(C)(C)OC(=O)Nc1oc2ccc(F)c(-c3c4c(c5c(N6C7CC6CN(C(=O)OC(C)(C)C)C7)nc(OCC67CCCN6C[C@H](F)C7)nc5c3F)COC4)c2c1C#N. The lowest BCUT2D eigenvalue weighted by Gasteiger charge is -2.56. The van der Waals surface area contributed by atoms with Crippen LogP contribution in [0.3, 0.4) is 0 Å². The van der Waals surface area contributed by atoms with Gasteiger partial charge in [0.25, 0.3) is 0 Å². The van der Waals surface area contributed by atoms with E-state index in [4.69, 9.17) is 28.3 Å². The predicted octanol–water partition coefficient (Wildman–Crippen LogP) is 7.72. The van der Waals surface area contributed by atoms with Crippen LogP contribution in [0.4, 0.5) is 34.5 Å². The van der Waals surface area contributed by atoms with E-state index in [-0.39, 0.29) is 77.0 Å². The summed E-state index contributed by atoms with van der Waals surface area (Å²) in [5, 5.41) is 13.1. The van der Waals surface area contributed by atoms with E-state index in [9.17, 15) is 19.2 Å². The highest BCUT2D eigenvalue weighted by Gasteiger charge is 2.51.